The third-order valence-corrected chi connectivity index (χ3v) is 2.44. The molecule has 0 aromatic rings. The first-order valence-electron chi connectivity index (χ1n) is 6.35. The monoisotopic (exact) mass is 260 g/mol. The molecule has 0 radical (unpaired) electrons. The number of carboxylic acid groups (broad SMARTS) is 1. The molecule has 1 amide bonds. The summed E-state index contributed by atoms with van der Waals surface area (Å²) in [6.07, 6.45) is 1.40. The van der Waals surface area contributed by atoms with Crippen LogP contribution in [0.25, 0.3) is 0 Å². The van der Waals surface area contributed by atoms with Gasteiger partial charge in [0.2, 0.25) is 5.91 Å². The molecule has 0 saturated carbocycles. The zero-order valence-electron chi connectivity index (χ0n) is 11.1. The second-order valence-corrected chi connectivity index (χ2v) is 4.23. The van der Waals surface area contributed by atoms with Crippen molar-refractivity contribution in [2.75, 3.05) is 13.2 Å². The molecule has 0 aliphatic carbocycles. The lowest BCUT2D eigenvalue weighted by atomic mass is 10.1. The molecule has 2 unspecified atom stereocenters. The summed E-state index contributed by atoms with van der Waals surface area (Å²) in [5, 5.41) is 11.3. The van der Waals surface area contributed by atoms with E-state index < -0.39 is 12.1 Å². The molecular formula is C12H24N2O4. The highest BCUT2D eigenvalue weighted by atomic mass is 16.5. The smallest absolute Gasteiger partial charge is 0.306 e. The van der Waals surface area contributed by atoms with E-state index in [1.165, 1.54) is 0 Å². The fourth-order valence-corrected chi connectivity index (χ4v) is 1.63. The number of carbonyl (C=O) groups is 2. The van der Waals surface area contributed by atoms with Crippen LogP contribution in [0.3, 0.4) is 0 Å². The summed E-state index contributed by atoms with van der Waals surface area (Å²) >= 11 is 0. The minimum atomic E-state index is -0.939. The molecule has 0 saturated heterocycles. The van der Waals surface area contributed by atoms with Gasteiger partial charge in [-0.25, -0.2) is 0 Å². The topological polar surface area (TPSA) is 102 Å². The van der Waals surface area contributed by atoms with Crippen LogP contribution in [0.1, 0.15) is 39.5 Å². The average Bonchev–Trinajstić information content (AvgIpc) is 2.25. The van der Waals surface area contributed by atoms with E-state index in [0.29, 0.717) is 6.61 Å². The zero-order chi connectivity index (χ0) is 14.0. The second-order valence-electron chi connectivity index (χ2n) is 4.23. The van der Waals surface area contributed by atoms with Crippen LogP contribution in [-0.2, 0) is 14.3 Å². The van der Waals surface area contributed by atoms with Crippen LogP contribution in [0.4, 0.5) is 0 Å². The van der Waals surface area contributed by atoms with Gasteiger partial charge in [-0.15, -0.1) is 0 Å². The fraction of sp³-hybridized carbons (Fsp3) is 0.833. The maximum absolute atomic E-state index is 11.5. The number of aliphatic carboxylic acids is 1. The third-order valence-electron chi connectivity index (χ3n) is 2.44. The number of carboxylic acids is 1. The lowest BCUT2D eigenvalue weighted by molar-refractivity contribution is -0.140. The molecule has 2 atom stereocenters. The Morgan fingerprint density at radius 2 is 2.00 bits per heavy atom. The van der Waals surface area contributed by atoms with Gasteiger partial charge in [0.1, 0.15) is 0 Å². The van der Waals surface area contributed by atoms with E-state index in [9.17, 15) is 9.59 Å². The van der Waals surface area contributed by atoms with Gasteiger partial charge >= 0.3 is 5.97 Å². The Labute approximate surface area is 108 Å². The highest BCUT2D eigenvalue weighted by Gasteiger charge is 2.15. The molecule has 0 fully saturated rings. The number of carbonyl (C=O) groups excluding carboxylic acids is 1. The van der Waals surface area contributed by atoms with Gasteiger partial charge in [0.05, 0.1) is 12.5 Å². The van der Waals surface area contributed by atoms with Gasteiger partial charge in [0, 0.05) is 25.6 Å². The normalized spacial score (nSPS) is 13.9. The summed E-state index contributed by atoms with van der Waals surface area (Å²) in [7, 11) is 0. The molecule has 0 heterocycles. The van der Waals surface area contributed by atoms with Gasteiger partial charge in [0.25, 0.3) is 0 Å². The standard InChI is InChI=1S/C12H24N2O4/c1-3-5-9(13)6-11(15)14-8-10(18-4-2)7-12(16)17/h9-10H,3-8,13H2,1-2H3,(H,14,15)(H,16,17). The largest absolute Gasteiger partial charge is 0.481 e. The number of rotatable bonds is 10. The summed E-state index contributed by atoms with van der Waals surface area (Å²) < 4.78 is 5.23. The summed E-state index contributed by atoms with van der Waals surface area (Å²) in [6, 6.07) is -0.139. The zero-order valence-corrected chi connectivity index (χ0v) is 11.1. The Morgan fingerprint density at radius 3 is 2.50 bits per heavy atom. The van der Waals surface area contributed by atoms with Crippen LogP contribution in [0.15, 0.2) is 0 Å². The van der Waals surface area contributed by atoms with Crippen molar-refractivity contribution in [1.29, 1.82) is 0 Å². The van der Waals surface area contributed by atoms with Gasteiger partial charge in [-0.1, -0.05) is 13.3 Å². The number of amides is 1. The van der Waals surface area contributed by atoms with Crippen molar-refractivity contribution in [3.05, 3.63) is 0 Å². The van der Waals surface area contributed by atoms with Crippen LogP contribution in [-0.4, -0.2) is 42.3 Å². The molecule has 0 rings (SSSR count). The quantitative estimate of drug-likeness (QED) is 0.531. The van der Waals surface area contributed by atoms with Crippen molar-refractivity contribution < 1.29 is 19.4 Å². The molecule has 0 aromatic carbocycles. The van der Waals surface area contributed by atoms with Gasteiger partial charge in [-0.05, 0) is 13.3 Å². The van der Waals surface area contributed by atoms with E-state index in [4.69, 9.17) is 15.6 Å². The number of ether oxygens (including phenoxy) is 1. The Balaban J connectivity index is 3.94. The molecule has 0 spiro atoms. The minimum absolute atomic E-state index is 0.116. The maximum Gasteiger partial charge on any atom is 0.306 e. The summed E-state index contributed by atoms with van der Waals surface area (Å²) in [4.78, 5) is 22.1. The lowest BCUT2D eigenvalue weighted by Gasteiger charge is -2.16. The van der Waals surface area contributed by atoms with Crippen LogP contribution < -0.4 is 11.1 Å². The van der Waals surface area contributed by atoms with E-state index in [0.717, 1.165) is 12.8 Å². The third kappa shape index (κ3) is 8.95. The average molecular weight is 260 g/mol. The molecule has 0 aromatic heterocycles. The fourth-order valence-electron chi connectivity index (χ4n) is 1.63. The Kier molecular flexibility index (Phi) is 9.22. The summed E-state index contributed by atoms with van der Waals surface area (Å²) in [5.74, 6) is -1.10. The first-order chi connectivity index (χ1) is 8.49. The van der Waals surface area contributed by atoms with Crippen LogP contribution in [0.5, 0.6) is 0 Å². The molecule has 0 aliphatic rings. The minimum Gasteiger partial charge on any atom is -0.481 e. The van der Waals surface area contributed by atoms with Crippen molar-refractivity contribution in [2.24, 2.45) is 5.73 Å². The van der Waals surface area contributed by atoms with Gasteiger partial charge < -0.3 is 20.9 Å². The molecule has 0 aliphatic heterocycles. The van der Waals surface area contributed by atoms with Crippen molar-refractivity contribution in [3.63, 3.8) is 0 Å². The lowest BCUT2D eigenvalue weighted by Crippen LogP contribution is -2.37. The highest BCUT2D eigenvalue weighted by molar-refractivity contribution is 5.76. The Morgan fingerprint density at radius 1 is 1.33 bits per heavy atom. The Bertz CT molecular complexity index is 258. The Hall–Kier alpha value is -1.14. The first-order valence-corrected chi connectivity index (χ1v) is 6.35. The van der Waals surface area contributed by atoms with Crippen LogP contribution in [0, 0.1) is 0 Å². The van der Waals surface area contributed by atoms with Crippen LogP contribution in [0.2, 0.25) is 0 Å². The molecule has 6 heteroatoms. The maximum atomic E-state index is 11.5. The molecule has 18 heavy (non-hydrogen) atoms. The molecule has 4 N–H and O–H groups in total. The predicted molar refractivity (Wildman–Crippen MR) is 68.2 cm³/mol. The molecule has 106 valence electrons. The SMILES string of the molecule is CCCC(N)CC(=O)NCC(CC(=O)O)OCC. The van der Waals surface area contributed by atoms with Crippen molar-refractivity contribution in [3.8, 4) is 0 Å². The van der Waals surface area contributed by atoms with E-state index in [2.05, 4.69) is 5.32 Å². The summed E-state index contributed by atoms with van der Waals surface area (Å²) in [6.45, 7) is 4.42. The number of nitrogens with two attached hydrogens (primary N) is 1. The van der Waals surface area contributed by atoms with Crippen molar-refractivity contribution >= 4 is 11.9 Å². The predicted octanol–water partition coefficient (Wildman–Crippen LogP) is 0.500. The first kappa shape index (κ1) is 16.9. The van der Waals surface area contributed by atoms with Crippen molar-refractivity contribution in [1.82, 2.24) is 5.32 Å². The van der Waals surface area contributed by atoms with E-state index in [-0.39, 0.29) is 31.3 Å². The van der Waals surface area contributed by atoms with Crippen LogP contribution >= 0.6 is 0 Å². The number of nitrogens with one attached hydrogen (secondary N) is 1. The van der Waals surface area contributed by atoms with Gasteiger partial charge in [-0.2, -0.15) is 0 Å². The molecule has 6 nitrogen and oxygen atoms in total. The molecular weight excluding hydrogens is 236 g/mol. The summed E-state index contributed by atoms with van der Waals surface area (Å²) in [5.41, 5.74) is 5.74. The van der Waals surface area contributed by atoms with Gasteiger partial charge in [-0.3, -0.25) is 9.59 Å². The molecule has 0 bridgehead atoms. The highest BCUT2D eigenvalue weighted by Crippen LogP contribution is 2.00. The van der Waals surface area contributed by atoms with E-state index in [1.807, 2.05) is 6.92 Å². The number of hydrogen-bond donors (Lipinski definition) is 3. The van der Waals surface area contributed by atoms with E-state index in [1.54, 1.807) is 6.92 Å². The van der Waals surface area contributed by atoms with Crippen molar-refractivity contribution in [2.45, 2.75) is 51.7 Å². The second kappa shape index (κ2) is 9.85. The van der Waals surface area contributed by atoms with E-state index >= 15 is 0 Å². The van der Waals surface area contributed by atoms with Gasteiger partial charge in [0.15, 0.2) is 0 Å². The number of hydrogen-bond acceptors (Lipinski definition) is 4.